The molecule has 1 fully saturated rings. The Morgan fingerprint density at radius 2 is 1.59 bits per heavy atom. The van der Waals surface area contributed by atoms with Crippen LogP contribution in [0.5, 0.6) is 0 Å². The van der Waals surface area contributed by atoms with Crippen LogP contribution >= 0.6 is 0 Å². The van der Waals surface area contributed by atoms with Crippen molar-refractivity contribution in [2.45, 2.75) is 4.90 Å². The highest BCUT2D eigenvalue weighted by Gasteiger charge is 2.29. The summed E-state index contributed by atoms with van der Waals surface area (Å²) in [5.41, 5.74) is 1.56. The maximum Gasteiger partial charge on any atom is 0.254 e. The van der Waals surface area contributed by atoms with Crippen molar-refractivity contribution in [2.75, 3.05) is 32.7 Å². The van der Waals surface area contributed by atoms with Gasteiger partial charge >= 0.3 is 0 Å². The number of sulfone groups is 1. The van der Waals surface area contributed by atoms with E-state index in [1.807, 2.05) is 42.5 Å². The number of fused-ring (bicyclic) bond motifs is 2. The standard InChI is InChI=1S/C25H22N2O4S/c28-23(20-9-8-18-4-1-2-5-19(18)16-20)17-26-11-13-27(14-12-26)25(29)22-6-3-7-24-21(22)10-15-32(24,30)31/h1-10,15-16H,11-14,17H2. The lowest BCUT2D eigenvalue weighted by molar-refractivity contribution is 0.0624. The van der Waals surface area contributed by atoms with Crippen LogP contribution in [0.25, 0.3) is 16.8 Å². The summed E-state index contributed by atoms with van der Waals surface area (Å²) in [6, 6.07) is 18.5. The van der Waals surface area contributed by atoms with Gasteiger partial charge in [-0.05, 0) is 35.0 Å². The first-order chi connectivity index (χ1) is 15.4. The van der Waals surface area contributed by atoms with Crippen LogP contribution in [-0.4, -0.2) is 62.6 Å². The topological polar surface area (TPSA) is 74.8 Å². The summed E-state index contributed by atoms with van der Waals surface area (Å²) in [5.74, 6) is -0.115. The molecule has 3 aromatic rings. The molecule has 0 aromatic heterocycles. The van der Waals surface area contributed by atoms with Gasteiger partial charge in [0.05, 0.1) is 11.4 Å². The Hall–Kier alpha value is -3.29. The highest BCUT2D eigenvalue weighted by atomic mass is 32.2. The Bertz CT molecular complexity index is 1370. The van der Waals surface area contributed by atoms with Crippen molar-refractivity contribution < 1.29 is 18.0 Å². The minimum atomic E-state index is -3.45. The predicted molar refractivity (Wildman–Crippen MR) is 123 cm³/mol. The molecule has 2 aliphatic heterocycles. The second kappa shape index (κ2) is 8.00. The molecule has 5 rings (SSSR count). The number of carbonyl (C=O) groups is 2. The second-order valence-electron chi connectivity index (χ2n) is 8.12. The van der Waals surface area contributed by atoms with Crippen molar-refractivity contribution in [2.24, 2.45) is 0 Å². The lowest BCUT2D eigenvalue weighted by Crippen LogP contribution is -2.50. The Morgan fingerprint density at radius 1 is 0.844 bits per heavy atom. The molecule has 0 radical (unpaired) electrons. The van der Waals surface area contributed by atoms with E-state index in [9.17, 15) is 18.0 Å². The van der Waals surface area contributed by atoms with E-state index >= 15 is 0 Å². The normalized spacial score (nSPS) is 17.4. The number of hydrogen-bond acceptors (Lipinski definition) is 5. The molecule has 162 valence electrons. The molecule has 0 aliphatic carbocycles. The van der Waals surface area contributed by atoms with Gasteiger partial charge in [0.15, 0.2) is 15.6 Å². The maximum absolute atomic E-state index is 13.1. The van der Waals surface area contributed by atoms with Crippen molar-refractivity contribution in [1.29, 1.82) is 0 Å². The summed E-state index contributed by atoms with van der Waals surface area (Å²) in [7, 11) is -3.45. The van der Waals surface area contributed by atoms with E-state index in [1.54, 1.807) is 17.0 Å². The quantitative estimate of drug-likeness (QED) is 0.575. The van der Waals surface area contributed by atoms with Gasteiger partial charge < -0.3 is 4.90 Å². The van der Waals surface area contributed by atoms with Gasteiger partial charge in [-0.2, -0.15) is 0 Å². The summed E-state index contributed by atoms with van der Waals surface area (Å²) in [4.78, 5) is 29.8. The average Bonchev–Trinajstić information content (AvgIpc) is 3.13. The Kier molecular flexibility index (Phi) is 5.15. The highest BCUT2D eigenvalue weighted by molar-refractivity contribution is 7.94. The maximum atomic E-state index is 13.1. The first-order valence-electron chi connectivity index (χ1n) is 10.5. The summed E-state index contributed by atoms with van der Waals surface area (Å²) in [5, 5.41) is 3.29. The fourth-order valence-electron chi connectivity index (χ4n) is 4.32. The van der Waals surface area contributed by atoms with Gasteiger partial charge in [-0.1, -0.05) is 42.5 Å². The number of amides is 1. The smallest absolute Gasteiger partial charge is 0.254 e. The van der Waals surface area contributed by atoms with Crippen molar-refractivity contribution in [1.82, 2.24) is 9.80 Å². The molecule has 2 aliphatic rings. The Morgan fingerprint density at radius 3 is 2.38 bits per heavy atom. The molecule has 3 aromatic carbocycles. The fraction of sp³-hybridized carbons (Fsp3) is 0.200. The predicted octanol–water partition coefficient (Wildman–Crippen LogP) is 3.24. The number of ketones is 1. The van der Waals surface area contributed by atoms with E-state index < -0.39 is 9.84 Å². The molecule has 32 heavy (non-hydrogen) atoms. The second-order valence-corrected chi connectivity index (χ2v) is 9.92. The summed E-state index contributed by atoms with van der Waals surface area (Å²) in [6.07, 6.45) is 1.50. The number of benzene rings is 3. The molecule has 0 spiro atoms. The molecule has 1 saturated heterocycles. The third kappa shape index (κ3) is 3.74. The molecule has 6 nitrogen and oxygen atoms in total. The lowest BCUT2D eigenvalue weighted by atomic mass is 10.0. The molecule has 2 heterocycles. The van der Waals surface area contributed by atoms with Crippen molar-refractivity contribution in [3.63, 3.8) is 0 Å². The zero-order valence-electron chi connectivity index (χ0n) is 17.4. The fourth-order valence-corrected chi connectivity index (χ4v) is 5.53. The van der Waals surface area contributed by atoms with Crippen LogP contribution in [0.1, 0.15) is 26.3 Å². The van der Waals surface area contributed by atoms with E-state index in [0.717, 1.165) is 16.2 Å². The van der Waals surface area contributed by atoms with Crippen molar-refractivity contribution in [3.05, 3.63) is 82.8 Å². The van der Waals surface area contributed by atoms with Gasteiger partial charge in [0.1, 0.15) is 0 Å². The number of Topliss-reactive ketones (excluding diaryl/α,β-unsaturated/α-hetero) is 1. The van der Waals surface area contributed by atoms with E-state index in [1.165, 1.54) is 12.1 Å². The Balaban J connectivity index is 1.24. The highest BCUT2D eigenvalue weighted by Crippen LogP contribution is 2.30. The first kappa shape index (κ1) is 20.6. The molecule has 0 saturated carbocycles. The molecular formula is C25H22N2O4S. The van der Waals surface area contributed by atoms with Crippen LogP contribution in [0.4, 0.5) is 0 Å². The third-order valence-corrected chi connectivity index (χ3v) is 7.58. The minimum Gasteiger partial charge on any atom is -0.336 e. The molecule has 1 amide bonds. The van der Waals surface area contributed by atoms with Gasteiger partial charge in [-0.3, -0.25) is 14.5 Å². The third-order valence-electron chi connectivity index (χ3n) is 6.12. The molecular weight excluding hydrogens is 424 g/mol. The molecule has 0 bridgehead atoms. The van der Waals surface area contributed by atoms with Gasteiger partial charge in [0.2, 0.25) is 0 Å². The molecule has 0 N–H and O–H groups in total. The molecule has 0 unspecified atom stereocenters. The number of piperazine rings is 1. The van der Waals surface area contributed by atoms with Gasteiger partial charge in [0.25, 0.3) is 5.91 Å². The number of hydrogen-bond donors (Lipinski definition) is 0. The van der Waals surface area contributed by atoms with E-state index in [-0.39, 0.29) is 16.6 Å². The summed E-state index contributed by atoms with van der Waals surface area (Å²) in [6.45, 7) is 2.47. The van der Waals surface area contributed by atoms with E-state index in [4.69, 9.17) is 0 Å². The van der Waals surface area contributed by atoms with Crippen LogP contribution < -0.4 is 0 Å². The van der Waals surface area contributed by atoms with Gasteiger partial charge in [-0.15, -0.1) is 0 Å². The number of carbonyl (C=O) groups excluding carboxylic acids is 2. The van der Waals surface area contributed by atoms with E-state index in [0.29, 0.717) is 49.4 Å². The van der Waals surface area contributed by atoms with Crippen molar-refractivity contribution in [3.8, 4) is 0 Å². The van der Waals surface area contributed by atoms with Gasteiger partial charge in [-0.25, -0.2) is 8.42 Å². The zero-order chi connectivity index (χ0) is 22.3. The minimum absolute atomic E-state index is 0.0618. The molecule has 7 heteroatoms. The van der Waals surface area contributed by atoms with Crippen LogP contribution in [0.2, 0.25) is 0 Å². The Labute approximate surface area is 186 Å². The molecule has 0 atom stereocenters. The average molecular weight is 447 g/mol. The largest absolute Gasteiger partial charge is 0.336 e. The van der Waals surface area contributed by atoms with Crippen LogP contribution in [-0.2, 0) is 9.84 Å². The number of nitrogens with zero attached hydrogens (tertiary/aromatic N) is 2. The van der Waals surface area contributed by atoms with Crippen LogP contribution in [0.3, 0.4) is 0 Å². The van der Waals surface area contributed by atoms with Crippen LogP contribution in [0, 0.1) is 0 Å². The summed E-state index contributed by atoms with van der Waals surface area (Å²) < 4.78 is 24.2. The SMILES string of the molecule is O=C(CN1CCN(C(=O)c2cccc3c2C=CS3(=O)=O)CC1)c1ccc2ccccc2c1. The zero-order valence-corrected chi connectivity index (χ0v) is 18.2. The number of rotatable bonds is 4. The van der Waals surface area contributed by atoms with Crippen LogP contribution in [0.15, 0.2) is 71.0 Å². The summed E-state index contributed by atoms with van der Waals surface area (Å²) >= 11 is 0. The lowest BCUT2D eigenvalue weighted by Gasteiger charge is -2.34. The first-order valence-corrected chi connectivity index (χ1v) is 12.1. The van der Waals surface area contributed by atoms with E-state index in [2.05, 4.69) is 4.90 Å². The van der Waals surface area contributed by atoms with Gasteiger partial charge in [0, 0.05) is 48.3 Å². The monoisotopic (exact) mass is 446 g/mol. The van der Waals surface area contributed by atoms with Crippen molar-refractivity contribution >= 4 is 38.4 Å².